The molecule has 0 fully saturated rings. The van der Waals surface area contributed by atoms with Gasteiger partial charge in [0.25, 0.3) is 15.9 Å². The van der Waals surface area contributed by atoms with Crippen LogP contribution in [0.1, 0.15) is 17.3 Å². The molecule has 0 radical (unpaired) electrons. The van der Waals surface area contributed by atoms with E-state index in [9.17, 15) is 13.2 Å². The highest BCUT2D eigenvalue weighted by Gasteiger charge is 2.21. The molecule has 3 rings (SSSR count). The minimum atomic E-state index is -3.66. The van der Waals surface area contributed by atoms with Crippen LogP contribution in [0.2, 0.25) is 0 Å². The topological polar surface area (TPSA) is 75.7 Å². The first-order valence-corrected chi connectivity index (χ1v) is 10.9. The molecule has 0 spiro atoms. The molecule has 3 aromatic rings. The number of anilines is 1. The average Bonchev–Trinajstić information content (AvgIpc) is 2.78. The van der Waals surface area contributed by atoms with Crippen LogP contribution in [0.5, 0.6) is 5.75 Å². The summed E-state index contributed by atoms with van der Waals surface area (Å²) in [5.41, 5.74) is 0.909. The summed E-state index contributed by atoms with van der Waals surface area (Å²) in [5, 5.41) is 2.88. The van der Waals surface area contributed by atoms with Crippen molar-refractivity contribution in [3.8, 4) is 5.75 Å². The monoisotopic (exact) mass is 424 g/mol. The molecule has 0 bridgehead atoms. The maximum absolute atomic E-state index is 12.7. The lowest BCUT2D eigenvalue weighted by molar-refractivity contribution is 0.0926. The van der Waals surface area contributed by atoms with Crippen LogP contribution in [0.15, 0.2) is 89.8 Å². The minimum absolute atomic E-state index is 0.196. The van der Waals surface area contributed by atoms with Gasteiger partial charge in [0.2, 0.25) is 0 Å². The summed E-state index contributed by atoms with van der Waals surface area (Å²) in [5.74, 6) is 0.491. The summed E-state index contributed by atoms with van der Waals surface area (Å²) in [7, 11) is -2.18. The summed E-state index contributed by atoms with van der Waals surface area (Å²) < 4.78 is 32.3. The van der Waals surface area contributed by atoms with Crippen molar-refractivity contribution in [3.05, 3.63) is 90.5 Å². The number of rotatable bonds is 8. The van der Waals surface area contributed by atoms with E-state index in [0.29, 0.717) is 17.9 Å². The molecule has 0 aliphatic carbocycles. The summed E-state index contributed by atoms with van der Waals surface area (Å²) in [6.07, 6.45) is 0. The van der Waals surface area contributed by atoms with Gasteiger partial charge in [0.1, 0.15) is 12.4 Å². The third-order valence-corrected chi connectivity index (χ3v) is 6.32. The Morgan fingerprint density at radius 1 is 0.933 bits per heavy atom. The molecule has 7 heteroatoms. The van der Waals surface area contributed by atoms with Gasteiger partial charge in [-0.15, -0.1) is 0 Å². The fourth-order valence-electron chi connectivity index (χ4n) is 2.80. The molecule has 6 nitrogen and oxygen atoms in total. The van der Waals surface area contributed by atoms with Crippen molar-refractivity contribution < 1.29 is 17.9 Å². The van der Waals surface area contributed by atoms with E-state index in [0.717, 1.165) is 5.75 Å². The number of sulfonamides is 1. The second kappa shape index (κ2) is 9.45. The zero-order chi connectivity index (χ0) is 21.6. The highest BCUT2D eigenvalue weighted by Crippen LogP contribution is 2.22. The number of amides is 1. The maximum Gasteiger partial charge on any atom is 0.264 e. The van der Waals surface area contributed by atoms with Gasteiger partial charge in [0, 0.05) is 12.6 Å². The molecule has 1 atom stereocenters. The van der Waals surface area contributed by atoms with E-state index < -0.39 is 10.0 Å². The number of nitrogens with one attached hydrogen (secondary N) is 1. The van der Waals surface area contributed by atoms with Gasteiger partial charge in [-0.05, 0) is 55.5 Å². The predicted molar refractivity (Wildman–Crippen MR) is 117 cm³/mol. The van der Waals surface area contributed by atoms with E-state index in [1.807, 2.05) is 37.3 Å². The van der Waals surface area contributed by atoms with Crippen LogP contribution in [0, 0.1) is 0 Å². The Hall–Kier alpha value is -3.32. The maximum atomic E-state index is 12.7. The van der Waals surface area contributed by atoms with Crippen molar-refractivity contribution in [1.29, 1.82) is 0 Å². The van der Waals surface area contributed by atoms with Gasteiger partial charge >= 0.3 is 0 Å². The first kappa shape index (κ1) is 21.4. The van der Waals surface area contributed by atoms with E-state index in [1.165, 1.54) is 11.4 Å². The number of carbonyl (C=O) groups is 1. The van der Waals surface area contributed by atoms with Crippen LogP contribution in [-0.2, 0) is 10.0 Å². The van der Waals surface area contributed by atoms with Crippen molar-refractivity contribution in [3.63, 3.8) is 0 Å². The van der Waals surface area contributed by atoms with Crippen LogP contribution in [0.3, 0.4) is 0 Å². The fraction of sp³-hybridized carbons (Fsp3) is 0.174. The molecular formula is C23H24N2O4S. The van der Waals surface area contributed by atoms with Crippen molar-refractivity contribution >= 4 is 21.6 Å². The van der Waals surface area contributed by atoms with E-state index in [-0.39, 0.29) is 16.8 Å². The van der Waals surface area contributed by atoms with Gasteiger partial charge in [-0.3, -0.25) is 9.10 Å². The molecule has 0 unspecified atom stereocenters. The molecule has 0 heterocycles. The second-order valence-electron chi connectivity index (χ2n) is 6.83. The lowest BCUT2D eigenvalue weighted by atomic mass is 10.2. The highest BCUT2D eigenvalue weighted by atomic mass is 32.2. The van der Waals surface area contributed by atoms with E-state index in [2.05, 4.69) is 5.32 Å². The van der Waals surface area contributed by atoms with Crippen LogP contribution in [0.4, 0.5) is 5.69 Å². The molecule has 1 amide bonds. The van der Waals surface area contributed by atoms with E-state index in [4.69, 9.17) is 4.74 Å². The third-order valence-electron chi connectivity index (χ3n) is 4.52. The van der Waals surface area contributed by atoms with Crippen molar-refractivity contribution in [2.45, 2.75) is 17.9 Å². The Morgan fingerprint density at radius 3 is 2.10 bits per heavy atom. The van der Waals surface area contributed by atoms with Crippen LogP contribution in [-0.4, -0.2) is 34.0 Å². The summed E-state index contributed by atoms with van der Waals surface area (Å²) >= 11 is 0. The largest absolute Gasteiger partial charge is 0.491 e. The molecule has 0 saturated carbocycles. The van der Waals surface area contributed by atoms with Gasteiger partial charge in [0.05, 0.1) is 16.6 Å². The molecule has 3 aromatic carbocycles. The molecule has 0 aromatic heterocycles. The minimum Gasteiger partial charge on any atom is -0.491 e. The normalized spacial score (nSPS) is 12.1. The fourth-order valence-corrected chi connectivity index (χ4v) is 4.02. The van der Waals surface area contributed by atoms with Crippen LogP contribution < -0.4 is 14.4 Å². The number of nitrogens with zero attached hydrogens (tertiary/aromatic N) is 1. The van der Waals surface area contributed by atoms with Gasteiger partial charge in [0.15, 0.2) is 0 Å². The molecule has 0 saturated heterocycles. The Labute approximate surface area is 177 Å². The van der Waals surface area contributed by atoms with E-state index >= 15 is 0 Å². The van der Waals surface area contributed by atoms with Gasteiger partial charge < -0.3 is 10.1 Å². The Kier molecular flexibility index (Phi) is 6.74. The number of hydrogen-bond acceptors (Lipinski definition) is 4. The molecular weight excluding hydrogens is 400 g/mol. The SMILES string of the molecule is C[C@@H](COc1ccccc1)NC(=O)c1ccc(N(C)S(=O)(=O)c2ccccc2)cc1. The average molecular weight is 425 g/mol. The Morgan fingerprint density at radius 2 is 1.50 bits per heavy atom. The molecule has 30 heavy (non-hydrogen) atoms. The summed E-state index contributed by atoms with van der Waals surface area (Å²) in [6, 6.07) is 23.8. The smallest absolute Gasteiger partial charge is 0.264 e. The first-order chi connectivity index (χ1) is 14.4. The van der Waals surface area contributed by atoms with Crippen LogP contribution in [0.25, 0.3) is 0 Å². The zero-order valence-corrected chi connectivity index (χ0v) is 17.7. The number of ether oxygens (including phenoxy) is 1. The summed E-state index contributed by atoms with van der Waals surface area (Å²) in [4.78, 5) is 12.7. The molecule has 156 valence electrons. The van der Waals surface area contributed by atoms with Gasteiger partial charge in [-0.1, -0.05) is 36.4 Å². The summed E-state index contributed by atoms with van der Waals surface area (Å²) in [6.45, 7) is 2.20. The Balaban J connectivity index is 1.61. The van der Waals surface area contributed by atoms with Crippen molar-refractivity contribution in [2.24, 2.45) is 0 Å². The number of para-hydroxylation sites is 1. The van der Waals surface area contributed by atoms with Crippen LogP contribution >= 0.6 is 0 Å². The third kappa shape index (κ3) is 5.18. The van der Waals surface area contributed by atoms with E-state index in [1.54, 1.807) is 54.6 Å². The van der Waals surface area contributed by atoms with Crippen molar-refractivity contribution in [2.75, 3.05) is 18.0 Å². The van der Waals surface area contributed by atoms with Gasteiger partial charge in [-0.2, -0.15) is 0 Å². The highest BCUT2D eigenvalue weighted by molar-refractivity contribution is 7.92. The number of carbonyl (C=O) groups excluding carboxylic acids is 1. The number of hydrogen-bond donors (Lipinski definition) is 1. The van der Waals surface area contributed by atoms with Crippen molar-refractivity contribution in [1.82, 2.24) is 5.32 Å². The molecule has 1 N–H and O–H groups in total. The lowest BCUT2D eigenvalue weighted by Gasteiger charge is -2.20. The Bertz CT molecular complexity index is 1070. The van der Waals surface area contributed by atoms with Gasteiger partial charge in [-0.25, -0.2) is 8.42 Å². The quantitative estimate of drug-likeness (QED) is 0.598. The number of benzene rings is 3. The molecule has 0 aliphatic heterocycles. The molecule has 0 aliphatic rings. The zero-order valence-electron chi connectivity index (χ0n) is 16.9. The standard InChI is InChI=1S/C23H24N2O4S/c1-18(17-29-21-9-5-3-6-10-21)24-23(26)19-13-15-20(16-14-19)25(2)30(27,28)22-11-7-4-8-12-22/h3-16,18H,17H2,1-2H3,(H,24,26)/t18-/m0/s1. The lowest BCUT2D eigenvalue weighted by Crippen LogP contribution is -2.36. The first-order valence-electron chi connectivity index (χ1n) is 9.50. The second-order valence-corrected chi connectivity index (χ2v) is 8.80. The predicted octanol–water partition coefficient (Wildman–Crippen LogP) is 3.71.